The number of carbonyl (C=O) groups excluding carboxylic acids is 1. The molecule has 1 aliphatic heterocycles. The van der Waals surface area contributed by atoms with E-state index in [-0.39, 0.29) is 12.3 Å². The van der Waals surface area contributed by atoms with Gasteiger partial charge >= 0.3 is 5.97 Å². The van der Waals surface area contributed by atoms with Crippen LogP contribution in [0.1, 0.15) is 31.2 Å². The molecule has 2 rings (SSSR count). The lowest BCUT2D eigenvalue weighted by Gasteiger charge is -2.32. The monoisotopic (exact) mass is 275 g/mol. The maximum Gasteiger partial charge on any atom is 0.303 e. The molecule has 1 saturated heterocycles. The quantitative estimate of drug-likeness (QED) is 0.897. The Hall–Kier alpha value is -1.84. The lowest BCUT2D eigenvalue weighted by molar-refractivity contribution is -0.137. The molecule has 0 saturated carbocycles. The molecule has 1 aromatic rings. The Labute approximate surface area is 119 Å². The van der Waals surface area contributed by atoms with Crippen LogP contribution in [0.4, 0.5) is 0 Å². The minimum Gasteiger partial charge on any atom is -0.481 e. The first-order valence-electron chi connectivity index (χ1n) is 7.18. The zero-order valence-corrected chi connectivity index (χ0v) is 11.6. The van der Waals surface area contributed by atoms with Gasteiger partial charge in [0.15, 0.2) is 0 Å². The summed E-state index contributed by atoms with van der Waals surface area (Å²) >= 11 is 0. The number of nitrogens with zero attached hydrogens (tertiary/aromatic N) is 1. The SMILES string of the molecule is O=C(O)CC[C@@H]1CCCN(C(=O)Cc2ccccc2)C1. The highest BCUT2D eigenvalue weighted by Gasteiger charge is 2.23. The molecule has 108 valence electrons. The number of carboxylic acid groups (broad SMARTS) is 1. The van der Waals surface area contributed by atoms with Gasteiger partial charge in [-0.05, 0) is 30.7 Å². The summed E-state index contributed by atoms with van der Waals surface area (Å²) in [4.78, 5) is 24.8. The van der Waals surface area contributed by atoms with Gasteiger partial charge in [0.05, 0.1) is 6.42 Å². The number of hydrogen-bond acceptors (Lipinski definition) is 2. The summed E-state index contributed by atoms with van der Waals surface area (Å²) in [6, 6.07) is 9.74. The molecule has 0 spiro atoms. The summed E-state index contributed by atoms with van der Waals surface area (Å²) < 4.78 is 0. The van der Waals surface area contributed by atoms with Crippen molar-refractivity contribution in [3.63, 3.8) is 0 Å². The number of piperidine rings is 1. The molecule has 4 nitrogen and oxygen atoms in total. The summed E-state index contributed by atoms with van der Waals surface area (Å²) in [6.07, 6.45) is 3.32. The van der Waals surface area contributed by atoms with Crippen LogP contribution in [0.15, 0.2) is 30.3 Å². The molecule has 1 heterocycles. The predicted octanol–water partition coefficient (Wildman–Crippen LogP) is 2.33. The summed E-state index contributed by atoms with van der Waals surface area (Å²) in [7, 11) is 0. The van der Waals surface area contributed by atoms with Gasteiger partial charge in [0, 0.05) is 19.5 Å². The largest absolute Gasteiger partial charge is 0.481 e. The third-order valence-electron chi connectivity index (χ3n) is 3.84. The third-order valence-corrected chi connectivity index (χ3v) is 3.84. The van der Waals surface area contributed by atoms with Gasteiger partial charge in [-0.3, -0.25) is 9.59 Å². The Morgan fingerprint density at radius 3 is 2.70 bits per heavy atom. The lowest BCUT2D eigenvalue weighted by Crippen LogP contribution is -2.40. The number of carboxylic acids is 1. The van der Waals surface area contributed by atoms with E-state index < -0.39 is 5.97 Å². The molecule has 1 fully saturated rings. The summed E-state index contributed by atoms with van der Waals surface area (Å²) in [5, 5.41) is 8.73. The highest BCUT2D eigenvalue weighted by molar-refractivity contribution is 5.78. The highest BCUT2D eigenvalue weighted by atomic mass is 16.4. The Kier molecular flexibility index (Phi) is 5.16. The van der Waals surface area contributed by atoms with Gasteiger partial charge in [-0.1, -0.05) is 30.3 Å². The van der Waals surface area contributed by atoms with Gasteiger partial charge in [0.2, 0.25) is 5.91 Å². The molecule has 1 N–H and O–H groups in total. The molecule has 4 heteroatoms. The van der Waals surface area contributed by atoms with E-state index in [4.69, 9.17) is 5.11 Å². The van der Waals surface area contributed by atoms with Crippen LogP contribution in [-0.2, 0) is 16.0 Å². The number of benzene rings is 1. The van der Waals surface area contributed by atoms with Crippen molar-refractivity contribution in [2.45, 2.75) is 32.1 Å². The first-order chi connectivity index (χ1) is 9.65. The maximum atomic E-state index is 12.3. The minimum absolute atomic E-state index is 0.149. The number of hydrogen-bond donors (Lipinski definition) is 1. The fraction of sp³-hybridized carbons (Fsp3) is 0.500. The molecule has 0 unspecified atom stereocenters. The van der Waals surface area contributed by atoms with Crippen molar-refractivity contribution in [3.8, 4) is 0 Å². The van der Waals surface area contributed by atoms with Gasteiger partial charge < -0.3 is 10.0 Å². The van der Waals surface area contributed by atoms with E-state index >= 15 is 0 Å². The third kappa shape index (κ3) is 4.37. The Morgan fingerprint density at radius 2 is 2.00 bits per heavy atom. The normalized spacial score (nSPS) is 18.8. The fourth-order valence-corrected chi connectivity index (χ4v) is 2.74. The molecule has 0 radical (unpaired) electrons. The van der Waals surface area contributed by atoms with E-state index in [0.29, 0.717) is 25.3 Å². The standard InChI is InChI=1S/C16H21NO3/c18-15(11-13-5-2-1-3-6-13)17-10-4-7-14(12-17)8-9-16(19)20/h1-3,5-6,14H,4,7-12H2,(H,19,20)/t14-/m0/s1. The van der Waals surface area contributed by atoms with Crippen molar-refractivity contribution in [1.82, 2.24) is 4.90 Å². The first-order valence-corrected chi connectivity index (χ1v) is 7.18. The van der Waals surface area contributed by atoms with Crippen LogP contribution >= 0.6 is 0 Å². The zero-order valence-electron chi connectivity index (χ0n) is 11.6. The average Bonchev–Trinajstić information content (AvgIpc) is 2.46. The molecule has 1 atom stereocenters. The molecular weight excluding hydrogens is 254 g/mol. The highest BCUT2D eigenvalue weighted by Crippen LogP contribution is 2.21. The molecule has 0 bridgehead atoms. The van der Waals surface area contributed by atoms with Gasteiger partial charge in [-0.2, -0.15) is 0 Å². The average molecular weight is 275 g/mol. The second kappa shape index (κ2) is 7.08. The predicted molar refractivity (Wildman–Crippen MR) is 76.3 cm³/mol. The number of aliphatic carboxylic acids is 1. The van der Waals surface area contributed by atoms with Crippen LogP contribution in [0.2, 0.25) is 0 Å². The van der Waals surface area contributed by atoms with Gasteiger partial charge in [0.25, 0.3) is 0 Å². The molecule has 0 aliphatic carbocycles. The maximum absolute atomic E-state index is 12.3. The van der Waals surface area contributed by atoms with E-state index in [2.05, 4.69) is 0 Å². The van der Waals surface area contributed by atoms with Crippen LogP contribution in [0, 0.1) is 5.92 Å². The van der Waals surface area contributed by atoms with Crippen LogP contribution in [0.3, 0.4) is 0 Å². The Balaban J connectivity index is 1.85. The molecule has 20 heavy (non-hydrogen) atoms. The summed E-state index contributed by atoms with van der Waals surface area (Å²) in [6.45, 7) is 1.51. The number of carbonyl (C=O) groups is 2. The van der Waals surface area contributed by atoms with Crippen LogP contribution in [0.25, 0.3) is 0 Å². The van der Waals surface area contributed by atoms with Gasteiger partial charge in [-0.15, -0.1) is 0 Å². The topological polar surface area (TPSA) is 57.6 Å². The molecule has 0 aromatic heterocycles. The van der Waals surface area contributed by atoms with E-state index in [1.165, 1.54) is 0 Å². The number of likely N-dealkylation sites (tertiary alicyclic amines) is 1. The summed E-state index contributed by atoms with van der Waals surface area (Å²) in [5.74, 6) is -0.270. The smallest absolute Gasteiger partial charge is 0.303 e. The van der Waals surface area contributed by atoms with E-state index in [1.807, 2.05) is 35.2 Å². The molecular formula is C16H21NO3. The summed E-state index contributed by atoms with van der Waals surface area (Å²) in [5.41, 5.74) is 1.03. The number of rotatable bonds is 5. The van der Waals surface area contributed by atoms with Crippen molar-refractivity contribution in [3.05, 3.63) is 35.9 Å². The van der Waals surface area contributed by atoms with E-state index in [1.54, 1.807) is 0 Å². The second-order valence-corrected chi connectivity index (χ2v) is 5.44. The molecule has 1 aromatic carbocycles. The van der Waals surface area contributed by atoms with Gasteiger partial charge in [-0.25, -0.2) is 0 Å². The fourth-order valence-electron chi connectivity index (χ4n) is 2.74. The Bertz CT molecular complexity index is 458. The van der Waals surface area contributed by atoms with Crippen molar-refractivity contribution < 1.29 is 14.7 Å². The van der Waals surface area contributed by atoms with Crippen molar-refractivity contribution >= 4 is 11.9 Å². The second-order valence-electron chi connectivity index (χ2n) is 5.44. The zero-order chi connectivity index (χ0) is 14.4. The molecule has 1 amide bonds. The van der Waals surface area contributed by atoms with Gasteiger partial charge in [0.1, 0.15) is 0 Å². The van der Waals surface area contributed by atoms with Crippen molar-refractivity contribution in [1.29, 1.82) is 0 Å². The number of amides is 1. The Morgan fingerprint density at radius 1 is 1.25 bits per heavy atom. The first kappa shape index (κ1) is 14.6. The van der Waals surface area contributed by atoms with Crippen LogP contribution < -0.4 is 0 Å². The minimum atomic E-state index is -0.752. The van der Waals surface area contributed by atoms with E-state index in [0.717, 1.165) is 24.9 Å². The molecule has 1 aliphatic rings. The lowest BCUT2D eigenvalue weighted by atomic mass is 9.93. The van der Waals surface area contributed by atoms with Crippen molar-refractivity contribution in [2.75, 3.05) is 13.1 Å². The van der Waals surface area contributed by atoms with Crippen molar-refractivity contribution in [2.24, 2.45) is 5.92 Å². The van der Waals surface area contributed by atoms with E-state index in [9.17, 15) is 9.59 Å². The van der Waals surface area contributed by atoms with Crippen LogP contribution in [0.5, 0.6) is 0 Å². The van der Waals surface area contributed by atoms with Crippen LogP contribution in [-0.4, -0.2) is 35.0 Å².